The number of nitrogens with one attached hydrogen (secondary N) is 3. The maximum absolute atomic E-state index is 12.3. The first-order valence-corrected chi connectivity index (χ1v) is 7.16. The Balaban J connectivity index is 1.75. The van der Waals surface area contributed by atoms with Crippen molar-refractivity contribution in [2.75, 3.05) is 10.6 Å². The van der Waals surface area contributed by atoms with Crippen LogP contribution in [-0.4, -0.2) is 21.8 Å². The molecule has 23 heavy (non-hydrogen) atoms. The molecule has 0 aliphatic rings. The Kier molecular flexibility index (Phi) is 3.80. The van der Waals surface area contributed by atoms with Gasteiger partial charge < -0.3 is 15.6 Å². The number of aromatic nitrogens is 2. The molecule has 0 saturated carbocycles. The molecule has 0 atom stereocenters. The quantitative estimate of drug-likeness (QED) is 0.695. The van der Waals surface area contributed by atoms with Gasteiger partial charge in [-0.1, -0.05) is 0 Å². The molecule has 0 aliphatic heterocycles. The van der Waals surface area contributed by atoms with Gasteiger partial charge in [0.2, 0.25) is 5.91 Å². The van der Waals surface area contributed by atoms with Crippen molar-refractivity contribution >= 4 is 34.2 Å². The largest absolute Gasteiger partial charge is 0.342 e. The lowest BCUT2D eigenvalue weighted by molar-refractivity contribution is -0.114. The van der Waals surface area contributed by atoms with Gasteiger partial charge in [-0.25, -0.2) is 4.98 Å². The van der Waals surface area contributed by atoms with Crippen LogP contribution in [0.1, 0.15) is 23.1 Å². The highest BCUT2D eigenvalue weighted by atomic mass is 16.2. The van der Waals surface area contributed by atoms with Crippen molar-refractivity contribution in [1.29, 1.82) is 0 Å². The van der Waals surface area contributed by atoms with E-state index < -0.39 is 0 Å². The average Bonchev–Trinajstić information content (AvgIpc) is 2.87. The first-order chi connectivity index (χ1) is 11.0. The van der Waals surface area contributed by atoms with Crippen LogP contribution in [0.2, 0.25) is 0 Å². The molecule has 1 heterocycles. The monoisotopic (exact) mass is 308 g/mol. The zero-order chi connectivity index (χ0) is 16.4. The van der Waals surface area contributed by atoms with Crippen molar-refractivity contribution in [3.8, 4) is 0 Å². The summed E-state index contributed by atoms with van der Waals surface area (Å²) in [6.45, 7) is 3.32. The molecule has 116 valence electrons. The molecular formula is C17H16N4O2. The topological polar surface area (TPSA) is 86.9 Å². The maximum atomic E-state index is 12.3. The van der Waals surface area contributed by atoms with Gasteiger partial charge in [0.1, 0.15) is 5.82 Å². The number of nitrogens with zero attached hydrogens (tertiary/aromatic N) is 1. The molecule has 0 fully saturated rings. The number of H-pyrrole nitrogens is 1. The van der Waals surface area contributed by atoms with Gasteiger partial charge in [0.15, 0.2) is 0 Å². The van der Waals surface area contributed by atoms with Crippen LogP contribution in [0.3, 0.4) is 0 Å². The highest BCUT2D eigenvalue weighted by molar-refractivity contribution is 6.06. The molecule has 2 amide bonds. The van der Waals surface area contributed by atoms with Crippen LogP contribution < -0.4 is 10.6 Å². The minimum absolute atomic E-state index is 0.134. The number of anilines is 2. The lowest BCUT2D eigenvalue weighted by Gasteiger charge is -2.07. The van der Waals surface area contributed by atoms with Crippen LogP contribution in [0.15, 0.2) is 42.5 Å². The molecule has 6 heteroatoms. The predicted octanol–water partition coefficient (Wildman–Crippen LogP) is 3.08. The van der Waals surface area contributed by atoms with Gasteiger partial charge in [-0.15, -0.1) is 0 Å². The average molecular weight is 308 g/mol. The van der Waals surface area contributed by atoms with Gasteiger partial charge in [-0.05, 0) is 49.4 Å². The SMILES string of the molecule is CC(=O)Nc1ccc(NC(=O)c2ccc3nc(C)[nH]c3c2)cc1. The van der Waals surface area contributed by atoms with Crippen LogP contribution in [0.5, 0.6) is 0 Å². The number of fused-ring (bicyclic) bond motifs is 1. The number of rotatable bonds is 3. The Morgan fingerprint density at radius 3 is 2.30 bits per heavy atom. The molecular weight excluding hydrogens is 292 g/mol. The summed E-state index contributed by atoms with van der Waals surface area (Å²) in [5, 5.41) is 5.50. The van der Waals surface area contributed by atoms with Gasteiger partial charge in [0.05, 0.1) is 11.0 Å². The number of carbonyl (C=O) groups is 2. The highest BCUT2D eigenvalue weighted by Crippen LogP contribution is 2.17. The Morgan fingerprint density at radius 1 is 1.00 bits per heavy atom. The van der Waals surface area contributed by atoms with Crippen molar-refractivity contribution in [1.82, 2.24) is 9.97 Å². The zero-order valence-corrected chi connectivity index (χ0v) is 12.8. The summed E-state index contributed by atoms with van der Waals surface area (Å²) >= 11 is 0. The van der Waals surface area contributed by atoms with Crippen LogP contribution >= 0.6 is 0 Å². The number of amides is 2. The fourth-order valence-corrected chi connectivity index (χ4v) is 2.32. The van der Waals surface area contributed by atoms with E-state index >= 15 is 0 Å². The van der Waals surface area contributed by atoms with Gasteiger partial charge in [-0.3, -0.25) is 9.59 Å². The summed E-state index contributed by atoms with van der Waals surface area (Å²) in [4.78, 5) is 30.7. The molecule has 3 aromatic rings. The van der Waals surface area contributed by atoms with Crippen molar-refractivity contribution in [3.63, 3.8) is 0 Å². The number of carbonyl (C=O) groups excluding carboxylic acids is 2. The number of hydrogen-bond acceptors (Lipinski definition) is 3. The van der Waals surface area contributed by atoms with E-state index in [0.29, 0.717) is 16.9 Å². The molecule has 1 aromatic heterocycles. The molecule has 6 nitrogen and oxygen atoms in total. The number of benzene rings is 2. The lowest BCUT2D eigenvalue weighted by atomic mass is 10.2. The summed E-state index contributed by atoms with van der Waals surface area (Å²) < 4.78 is 0. The number of imidazole rings is 1. The van der Waals surface area contributed by atoms with Crippen molar-refractivity contribution in [2.24, 2.45) is 0 Å². The normalized spacial score (nSPS) is 10.5. The molecule has 3 rings (SSSR count). The molecule has 0 spiro atoms. The minimum Gasteiger partial charge on any atom is -0.342 e. The molecule has 0 saturated heterocycles. The number of aromatic amines is 1. The van der Waals surface area contributed by atoms with E-state index in [0.717, 1.165) is 16.9 Å². The molecule has 0 unspecified atom stereocenters. The Hall–Kier alpha value is -3.15. The Bertz CT molecular complexity index is 881. The summed E-state index contributed by atoms with van der Waals surface area (Å²) in [5.74, 6) is 0.475. The van der Waals surface area contributed by atoms with E-state index in [2.05, 4.69) is 20.6 Å². The van der Waals surface area contributed by atoms with Gasteiger partial charge >= 0.3 is 0 Å². The lowest BCUT2D eigenvalue weighted by Crippen LogP contribution is -2.12. The third-order valence-corrected chi connectivity index (χ3v) is 3.33. The number of aryl methyl sites for hydroxylation is 1. The van der Waals surface area contributed by atoms with Crippen LogP contribution in [-0.2, 0) is 4.79 Å². The van der Waals surface area contributed by atoms with Crippen molar-refractivity contribution in [2.45, 2.75) is 13.8 Å². The summed E-state index contributed by atoms with van der Waals surface area (Å²) in [7, 11) is 0. The first kappa shape index (κ1) is 14.8. The second-order valence-electron chi connectivity index (χ2n) is 5.27. The van der Waals surface area contributed by atoms with E-state index in [1.54, 1.807) is 36.4 Å². The molecule has 0 aliphatic carbocycles. The zero-order valence-electron chi connectivity index (χ0n) is 12.8. The summed E-state index contributed by atoms with van der Waals surface area (Å²) in [6, 6.07) is 12.3. The Morgan fingerprint density at radius 2 is 1.65 bits per heavy atom. The fourth-order valence-electron chi connectivity index (χ4n) is 2.32. The summed E-state index contributed by atoms with van der Waals surface area (Å²) in [5.41, 5.74) is 3.55. The van der Waals surface area contributed by atoms with E-state index in [9.17, 15) is 9.59 Å². The molecule has 0 bridgehead atoms. The van der Waals surface area contributed by atoms with E-state index in [-0.39, 0.29) is 11.8 Å². The standard InChI is InChI=1S/C17H16N4O2/c1-10-18-15-8-3-12(9-16(15)19-10)17(23)21-14-6-4-13(5-7-14)20-11(2)22/h3-9H,1-2H3,(H,18,19)(H,20,22)(H,21,23). The minimum atomic E-state index is -0.202. The highest BCUT2D eigenvalue weighted by Gasteiger charge is 2.09. The van der Waals surface area contributed by atoms with E-state index in [4.69, 9.17) is 0 Å². The van der Waals surface area contributed by atoms with E-state index in [1.165, 1.54) is 6.92 Å². The first-order valence-electron chi connectivity index (χ1n) is 7.16. The second-order valence-corrected chi connectivity index (χ2v) is 5.27. The van der Waals surface area contributed by atoms with Gasteiger partial charge in [0.25, 0.3) is 5.91 Å². The van der Waals surface area contributed by atoms with Gasteiger partial charge in [-0.2, -0.15) is 0 Å². The Labute approximate surface area is 132 Å². The van der Waals surface area contributed by atoms with Crippen molar-refractivity contribution < 1.29 is 9.59 Å². The van der Waals surface area contributed by atoms with Gasteiger partial charge in [0, 0.05) is 23.9 Å². The fraction of sp³-hybridized carbons (Fsp3) is 0.118. The third-order valence-electron chi connectivity index (χ3n) is 3.33. The second kappa shape index (κ2) is 5.92. The molecule has 2 aromatic carbocycles. The summed E-state index contributed by atoms with van der Waals surface area (Å²) in [6.07, 6.45) is 0. The smallest absolute Gasteiger partial charge is 0.255 e. The third kappa shape index (κ3) is 3.37. The number of hydrogen-bond donors (Lipinski definition) is 3. The van der Waals surface area contributed by atoms with Crippen LogP contribution in [0, 0.1) is 6.92 Å². The van der Waals surface area contributed by atoms with Crippen LogP contribution in [0.25, 0.3) is 11.0 Å². The van der Waals surface area contributed by atoms with Crippen LogP contribution in [0.4, 0.5) is 11.4 Å². The van der Waals surface area contributed by atoms with E-state index in [1.807, 2.05) is 13.0 Å². The molecule has 0 radical (unpaired) electrons. The van der Waals surface area contributed by atoms with Crippen molar-refractivity contribution in [3.05, 3.63) is 53.9 Å². The maximum Gasteiger partial charge on any atom is 0.255 e. The predicted molar refractivity (Wildman–Crippen MR) is 89.5 cm³/mol. The molecule has 3 N–H and O–H groups in total.